The molecule has 9 nitrogen and oxygen atoms in total. The number of aromatic nitrogens is 1. The lowest BCUT2D eigenvalue weighted by atomic mass is 9.94. The molecule has 0 saturated carbocycles. The Balaban J connectivity index is 1.79. The maximum Gasteiger partial charge on any atom is 0.211 e. The molecule has 2 heterocycles. The van der Waals surface area contributed by atoms with Gasteiger partial charge in [-0.2, -0.15) is 10.5 Å². The standard InChI is InChI=1S/C22H17FN8O/c23-13-5-3-4-12(8-13)10-32-16-7-2-1-6-14(16)19-17-18(26)15(9-24)20(27)30-21(17)31-22(29-19)28-11-25/h1-8,19H,10H2,(H6,26,27,28,29,30,31). The van der Waals surface area contributed by atoms with Crippen molar-refractivity contribution in [3.8, 4) is 18.0 Å². The first-order chi connectivity index (χ1) is 15.5. The fraction of sp³-hybridized carbons (Fsp3) is 0.0909. The molecule has 1 aromatic heterocycles. The molecule has 158 valence electrons. The van der Waals surface area contributed by atoms with E-state index in [1.165, 1.54) is 12.1 Å². The number of rotatable bonds is 4. The van der Waals surface area contributed by atoms with Gasteiger partial charge in [0.1, 0.15) is 47.5 Å². The minimum Gasteiger partial charge on any atom is -0.489 e. The van der Waals surface area contributed by atoms with Gasteiger partial charge in [-0.25, -0.2) is 14.4 Å². The van der Waals surface area contributed by atoms with Crippen LogP contribution in [0, 0.1) is 28.6 Å². The van der Waals surface area contributed by atoms with Crippen LogP contribution in [0.5, 0.6) is 5.75 Å². The van der Waals surface area contributed by atoms with E-state index in [0.717, 1.165) is 0 Å². The number of hydrogen-bond acceptors (Lipinski definition) is 9. The molecule has 0 fully saturated rings. The molecule has 1 unspecified atom stereocenters. The largest absolute Gasteiger partial charge is 0.489 e. The second kappa shape index (κ2) is 8.50. The van der Waals surface area contributed by atoms with Gasteiger partial charge in [0, 0.05) is 11.1 Å². The number of pyridine rings is 1. The van der Waals surface area contributed by atoms with Crippen LogP contribution in [-0.2, 0) is 6.61 Å². The van der Waals surface area contributed by atoms with Crippen molar-refractivity contribution >= 4 is 23.3 Å². The number of nitrogens with zero attached hydrogens (tertiary/aromatic N) is 4. The SMILES string of the molecule is N#CNC1=NC(c2ccccc2OCc2cccc(F)c2)c2c(nc(N)c(C#N)c2N)N1. The number of halogens is 1. The van der Waals surface area contributed by atoms with Crippen molar-refractivity contribution < 1.29 is 9.13 Å². The molecule has 2 aromatic carbocycles. The summed E-state index contributed by atoms with van der Waals surface area (Å²) in [5, 5.41) is 23.8. The van der Waals surface area contributed by atoms with Gasteiger partial charge in [-0.3, -0.25) is 5.32 Å². The van der Waals surface area contributed by atoms with E-state index in [0.29, 0.717) is 22.4 Å². The normalized spacial score (nSPS) is 14.2. The van der Waals surface area contributed by atoms with E-state index in [4.69, 9.17) is 21.5 Å². The first-order valence-corrected chi connectivity index (χ1v) is 9.46. The Morgan fingerprint density at radius 2 is 1.97 bits per heavy atom. The third-order valence-electron chi connectivity index (χ3n) is 4.85. The van der Waals surface area contributed by atoms with Crippen molar-refractivity contribution in [2.75, 3.05) is 16.8 Å². The van der Waals surface area contributed by atoms with Crippen molar-refractivity contribution in [2.45, 2.75) is 12.6 Å². The van der Waals surface area contributed by atoms with Crippen LogP contribution in [0.4, 0.5) is 21.7 Å². The van der Waals surface area contributed by atoms with Gasteiger partial charge in [-0.05, 0) is 23.8 Å². The molecular weight excluding hydrogens is 411 g/mol. The second-order valence-electron chi connectivity index (χ2n) is 6.86. The van der Waals surface area contributed by atoms with E-state index in [-0.39, 0.29) is 41.3 Å². The van der Waals surface area contributed by atoms with Gasteiger partial charge in [0.25, 0.3) is 0 Å². The Hall–Kier alpha value is -4.83. The highest BCUT2D eigenvalue weighted by atomic mass is 19.1. The van der Waals surface area contributed by atoms with Crippen LogP contribution < -0.4 is 26.8 Å². The lowest BCUT2D eigenvalue weighted by Crippen LogP contribution is -2.32. The maximum absolute atomic E-state index is 13.5. The molecule has 6 N–H and O–H groups in total. The molecule has 0 aliphatic carbocycles. The van der Waals surface area contributed by atoms with Gasteiger partial charge >= 0.3 is 0 Å². The number of nitrogen functional groups attached to an aromatic ring is 2. The minimum absolute atomic E-state index is 0.0381. The summed E-state index contributed by atoms with van der Waals surface area (Å²) in [7, 11) is 0. The highest BCUT2D eigenvalue weighted by Gasteiger charge is 2.31. The second-order valence-corrected chi connectivity index (χ2v) is 6.86. The van der Waals surface area contributed by atoms with Crippen molar-refractivity contribution in [1.29, 1.82) is 10.5 Å². The molecule has 32 heavy (non-hydrogen) atoms. The molecule has 0 bridgehead atoms. The minimum atomic E-state index is -0.744. The van der Waals surface area contributed by atoms with Crippen LogP contribution in [0.2, 0.25) is 0 Å². The Bertz CT molecular complexity index is 1310. The van der Waals surface area contributed by atoms with Crippen molar-refractivity contribution in [3.63, 3.8) is 0 Å². The summed E-state index contributed by atoms with van der Waals surface area (Å²) in [4.78, 5) is 8.78. The molecule has 0 amide bonds. The molecule has 1 aliphatic heterocycles. The van der Waals surface area contributed by atoms with Gasteiger partial charge < -0.3 is 21.5 Å². The van der Waals surface area contributed by atoms with Crippen molar-refractivity contribution in [1.82, 2.24) is 10.3 Å². The van der Waals surface area contributed by atoms with Gasteiger partial charge in [-0.15, -0.1) is 0 Å². The van der Waals surface area contributed by atoms with Crippen LogP contribution in [-0.4, -0.2) is 10.9 Å². The van der Waals surface area contributed by atoms with E-state index < -0.39 is 6.04 Å². The number of anilines is 3. The number of ether oxygens (including phenoxy) is 1. The van der Waals surface area contributed by atoms with Crippen LogP contribution in [0.25, 0.3) is 0 Å². The zero-order chi connectivity index (χ0) is 22.7. The summed E-state index contributed by atoms with van der Waals surface area (Å²) in [5.41, 5.74) is 14.0. The summed E-state index contributed by atoms with van der Waals surface area (Å²) in [6.07, 6.45) is 1.81. The number of nitrogens with two attached hydrogens (primary N) is 2. The summed E-state index contributed by atoms with van der Waals surface area (Å²) in [6, 6.07) is 14.4. The highest BCUT2D eigenvalue weighted by Crippen LogP contribution is 2.43. The predicted molar refractivity (Wildman–Crippen MR) is 117 cm³/mol. The Kier molecular flexibility index (Phi) is 5.43. The highest BCUT2D eigenvalue weighted by molar-refractivity contribution is 5.98. The summed E-state index contributed by atoms with van der Waals surface area (Å²) in [6.45, 7) is 0.124. The lowest BCUT2D eigenvalue weighted by Gasteiger charge is -2.27. The third kappa shape index (κ3) is 3.80. The average molecular weight is 428 g/mol. The van der Waals surface area contributed by atoms with E-state index >= 15 is 0 Å². The van der Waals surface area contributed by atoms with E-state index in [1.54, 1.807) is 42.6 Å². The molecule has 0 radical (unpaired) electrons. The fourth-order valence-electron chi connectivity index (χ4n) is 3.43. The number of nitrogens with one attached hydrogen (secondary N) is 2. The molecule has 0 spiro atoms. The number of aliphatic imine (C=N–C) groups is 1. The van der Waals surface area contributed by atoms with Crippen molar-refractivity contribution in [2.24, 2.45) is 4.99 Å². The number of para-hydroxylation sites is 1. The summed E-state index contributed by atoms with van der Waals surface area (Å²) < 4.78 is 19.5. The van der Waals surface area contributed by atoms with Crippen LogP contribution >= 0.6 is 0 Å². The number of benzene rings is 2. The van der Waals surface area contributed by atoms with Crippen LogP contribution in [0.1, 0.15) is 28.3 Å². The first kappa shape index (κ1) is 20.4. The van der Waals surface area contributed by atoms with Crippen molar-refractivity contribution in [3.05, 3.63) is 76.6 Å². The quantitative estimate of drug-likeness (QED) is 0.365. The smallest absolute Gasteiger partial charge is 0.211 e. The number of hydrogen-bond donors (Lipinski definition) is 4. The summed E-state index contributed by atoms with van der Waals surface area (Å²) >= 11 is 0. The zero-order valence-electron chi connectivity index (χ0n) is 16.6. The number of nitriles is 2. The van der Waals surface area contributed by atoms with Gasteiger partial charge in [0.2, 0.25) is 5.96 Å². The fourth-order valence-corrected chi connectivity index (χ4v) is 3.43. The Labute approximate surface area is 182 Å². The van der Waals surface area contributed by atoms with E-state index in [2.05, 4.69) is 20.6 Å². The topological polar surface area (TPSA) is 158 Å². The molecule has 3 aromatic rings. The van der Waals surface area contributed by atoms with E-state index in [9.17, 15) is 9.65 Å². The Morgan fingerprint density at radius 3 is 2.72 bits per heavy atom. The van der Waals surface area contributed by atoms with Gasteiger partial charge in [0.05, 0.1) is 5.69 Å². The molecule has 10 heteroatoms. The van der Waals surface area contributed by atoms with Gasteiger partial charge in [0.15, 0.2) is 6.19 Å². The van der Waals surface area contributed by atoms with E-state index in [1.807, 2.05) is 6.07 Å². The number of fused-ring (bicyclic) bond motifs is 1. The predicted octanol–water partition coefficient (Wildman–Crippen LogP) is 2.78. The average Bonchev–Trinajstić information content (AvgIpc) is 2.78. The molecular formula is C22H17FN8O. The molecule has 4 rings (SSSR count). The Morgan fingerprint density at radius 1 is 1.16 bits per heavy atom. The molecule has 0 saturated heterocycles. The number of guanidine groups is 1. The van der Waals surface area contributed by atoms with Crippen LogP contribution in [0.3, 0.4) is 0 Å². The maximum atomic E-state index is 13.5. The third-order valence-corrected chi connectivity index (χ3v) is 4.85. The van der Waals surface area contributed by atoms with Gasteiger partial charge in [-0.1, -0.05) is 30.3 Å². The summed E-state index contributed by atoms with van der Waals surface area (Å²) in [5.74, 6) is 0.495. The lowest BCUT2D eigenvalue weighted by molar-refractivity contribution is 0.301. The molecule has 1 atom stereocenters. The monoisotopic (exact) mass is 428 g/mol. The zero-order valence-corrected chi connectivity index (χ0v) is 16.6. The first-order valence-electron chi connectivity index (χ1n) is 9.46. The van der Waals surface area contributed by atoms with Crippen LogP contribution in [0.15, 0.2) is 53.5 Å². The molecule has 1 aliphatic rings.